The Hall–Kier alpha value is -1.64. The van der Waals surface area contributed by atoms with Crippen molar-refractivity contribution >= 4 is 11.9 Å². The fourth-order valence-corrected chi connectivity index (χ4v) is 6.44. The largest absolute Gasteiger partial charge is 0.410 e. The van der Waals surface area contributed by atoms with Crippen LogP contribution in [0.15, 0.2) is 29.3 Å². The number of ether oxygens (including phenoxy) is 1. The number of esters is 1. The number of hydrogen-bond acceptors (Lipinski definition) is 3. The molecule has 3 atom stereocenters. The number of rotatable bonds is 2. The first-order chi connectivity index (χ1) is 11.5. The van der Waals surface area contributed by atoms with Crippen molar-refractivity contribution in [2.24, 2.45) is 22.2 Å². The third-order valence-electron chi connectivity index (χ3n) is 7.03. The van der Waals surface area contributed by atoms with E-state index in [0.29, 0.717) is 0 Å². The second-order valence-corrected chi connectivity index (χ2v) is 8.92. The molecule has 3 unspecified atom stereocenters. The van der Waals surface area contributed by atoms with Gasteiger partial charge in [0.25, 0.3) is 0 Å². The fraction of sp³-hybridized carbons (Fsp3) is 0.619. The molecule has 1 heterocycles. The quantitative estimate of drug-likeness (QED) is 0.766. The summed E-state index contributed by atoms with van der Waals surface area (Å²) in [4.78, 5) is 16.6. The first-order valence-corrected chi connectivity index (χ1v) is 9.35. The second-order valence-electron chi connectivity index (χ2n) is 8.92. The van der Waals surface area contributed by atoms with E-state index < -0.39 is 0 Å². The molecule has 4 saturated carbocycles. The number of benzene rings is 1. The molecule has 3 heteroatoms. The highest BCUT2D eigenvalue weighted by Crippen LogP contribution is 2.66. The highest BCUT2D eigenvalue weighted by Gasteiger charge is 2.61. The second kappa shape index (κ2) is 4.71. The summed E-state index contributed by atoms with van der Waals surface area (Å²) < 4.78 is 5.67. The van der Waals surface area contributed by atoms with Gasteiger partial charge in [0.1, 0.15) is 6.04 Å². The predicted molar refractivity (Wildman–Crippen MR) is 93.0 cm³/mol. The minimum Gasteiger partial charge on any atom is -0.410 e. The molecule has 1 aliphatic heterocycles. The SMILES string of the molecule is Cc1ccc(C23CC4CC(CC(C5=NC(C)C(=O)O5)(C4)C2)C3)cc1. The molecular formula is C21H25NO2. The van der Waals surface area contributed by atoms with E-state index in [1.54, 1.807) is 0 Å². The zero-order valence-electron chi connectivity index (χ0n) is 14.5. The van der Waals surface area contributed by atoms with E-state index in [0.717, 1.165) is 37.0 Å². The van der Waals surface area contributed by atoms with Crippen LogP contribution in [0.2, 0.25) is 0 Å². The lowest BCUT2D eigenvalue weighted by molar-refractivity contribution is -0.136. The summed E-state index contributed by atoms with van der Waals surface area (Å²) in [6, 6.07) is 8.84. The lowest BCUT2D eigenvalue weighted by atomic mass is 9.43. The topological polar surface area (TPSA) is 38.7 Å². The lowest BCUT2D eigenvalue weighted by Crippen LogP contribution is -2.56. The Morgan fingerprint density at radius 1 is 1.04 bits per heavy atom. The van der Waals surface area contributed by atoms with E-state index in [-0.39, 0.29) is 22.8 Å². The van der Waals surface area contributed by atoms with Crippen LogP contribution in [0.5, 0.6) is 0 Å². The zero-order valence-corrected chi connectivity index (χ0v) is 14.5. The van der Waals surface area contributed by atoms with Crippen molar-refractivity contribution in [3.05, 3.63) is 35.4 Å². The summed E-state index contributed by atoms with van der Waals surface area (Å²) in [5.74, 6) is 2.12. The fourth-order valence-electron chi connectivity index (χ4n) is 6.44. The van der Waals surface area contributed by atoms with Gasteiger partial charge in [-0.25, -0.2) is 9.79 Å². The van der Waals surface area contributed by atoms with Crippen LogP contribution < -0.4 is 0 Å². The van der Waals surface area contributed by atoms with E-state index in [1.807, 2.05) is 6.92 Å². The predicted octanol–water partition coefficient (Wildman–Crippen LogP) is 4.18. The summed E-state index contributed by atoms with van der Waals surface area (Å²) in [7, 11) is 0. The molecule has 0 N–H and O–H groups in total. The van der Waals surface area contributed by atoms with Crippen LogP contribution in [-0.4, -0.2) is 17.9 Å². The molecule has 0 saturated heterocycles. The third kappa shape index (κ3) is 1.96. The number of aryl methyl sites for hydroxylation is 1. The Labute approximate surface area is 143 Å². The van der Waals surface area contributed by atoms with Crippen molar-refractivity contribution in [2.45, 2.75) is 63.8 Å². The molecular weight excluding hydrogens is 298 g/mol. The van der Waals surface area contributed by atoms with Crippen LogP contribution in [0, 0.1) is 24.2 Å². The van der Waals surface area contributed by atoms with Crippen LogP contribution in [0.25, 0.3) is 0 Å². The van der Waals surface area contributed by atoms with Gasteiger partial charge in [0.2, 0.25) is 5.90 Å². The molecule has 1 aromatic carbocycles. The van der Waals surface area contributed by atoms with Gasteiger partial charge in [-0.3, -0.25) is 0 Å². The number of hydrogen-bond donors (Lipinski definition) is 0. The first-order valence-electron chi connectivity index (χ1n) is 9.35. The van der Waals surface area contributed by atoms with Crippen LogP contribution in [0.4, 0.5) is 0 Å². The molecule has 0 aromatic heterocycles. The Kier molecular flexibility index (Phi) is 2.88. The van der Waals surface area contributed by atoms with Gasteiger partial charge in [0, 0.05) is 5.41 Å². The van der Waals surface area contributed by atoms with Gasteiger partial charge < -0.3 is 4.74 Å². The minimum atomic E-state index is -0.316. The Bertz CT molecular complexity index is 719. The van der Waals surface area contributed by atoms with Crippen molar-refractivity contribution in [1.29, 1.82) is 0 Å². The van der Waals surface area contributed by atoms with E-state index in [1.165, 1.54) is 30.4 Å². The smallest absolute Gasteiger partial charge is 0.337 e. The average molecular weight is 323 g/mol. The van der Waals surface area contributed by atoms with Crippen LogP contribution in [0.1, 0.15) is 56.6 Å². The summed E-state index contributed by atoms with van der Waals surface area (Å²) in [5.41, 5.74) is 3.08. The normalized spacial score (nSPS) is 43.0. The van der Waals surface area contributed by atoms with Crippen LogP contribution >= 0.6 is 0 Å². The van der Waals surface area contributed by atoms with Crippen molar-refractivity contribution in [2.75, 3.05) is 0 Å². The molecule has 0 spiro atoms. The average Bonchev–Trinajstić information content (AvgIpc) is 2.87. The molecule has 1 aromatic rings. The van der Waals surface area contributed by atoms with Crippen LogP contribution in [-0.2, 0) is 14.9 Å². The van der Waals surface area contributed by atoms with Gasteiger partial charge in [-0.15, -0.1) is 0 Å². The van der Waals surface area contributed by atoms with Crippen molar-refractivity contribution in [1.82, 2.24) is 0 Å². The molecule has 4 fully saturated rings. The molecule has 5 aliphatic rings. The number of carbonyl (C=O) groups is 1. The highest BCUT2D eigenvalue weighted by molar-refractivity contribution is 6.00. The standard InChI is InChI=1S/C21H25NO2/c1-13-3-5-17(6-4-13)20-8-15-7-16(9-20)11-21(10-15,12-20)19-22-14(2)18(23)24-19/h3-6,14-16H,7-12H2,1-2H3. The summed E-state index contributed by atoms with van der Waals surface area (Å²) in [5, 5.41) is 0. The zero-order chi connectivity index (χ0) is 16.5. The Morgan fingerprint density at radius 2 is 1.67 bits per heavy atom. The molecule has 0 radical (unpaired) electrons. The van der Waals surface area contributed by atoms with Gasteiger partial charge in [-0.2, -0.15) is 0 Å². The van der Waals surface area contributed by atoms with E-state index in [2.05, 4.69) is 36.2 Å². The number of aliphatic imine (C=N–C) groups is 1. The van der Waals surface area contributed by atoms with Gasteiger partial charge in [-0.05, 0) is 75.2 Å². The molecule has 126 valence electrons. The molecule has 4 bridgehead atoms. The van der Waals surface area contributed by atoms with Gasteiger partial charge in [-0.1, -0.05) is 29.8 Å². The first kappa shape index (κ1) is 14.7. The monoisotopic (exact) mass is 323 g/mol. The van der Waals surface area contributed by atoms with E-state index in [9.17, 15) is 4.79 Å². The molecule has 4 aliphatic carbocycles. The number of nitrogens with zero attached hydrogens (tertiary/aromatic N) is 1. The van der Waals surface area contributed by atoms with E-state index >= 15 is 0 Å². The highest BCUT2D eigenvalue weighted by atomic mass is 16.6. The summed E-state index contributed by atoms with van der Waals surface area (Å²) in [6.45, 7) is 4.00. The summed E-state index contributed by atoms with van der Waals surface area (Å²) in [6.07, 6.45) is 7.38. The van der Waals surface area contributed by atoms with Gasteiger partial charge >= 0.3 is 5.97 Å². The molecule has 24 heavy (non-hydrogen) atoms. The third-order valence-corrected chi connectivity index (χ3v) is 7.03. The lowest BCUT2D eigenvalue weighted by Gasteiger charge is -2.61. The van der Waals surface area contributed by atoms with Crippen molar-refractivity contribution in [3.8, 4) is 0 Å². The number of cyclic esters (lactones) is 1. The van der Waals surface area contributed by atoms with Crippen molar-refractivity contribution in [3.63, 3.8) is 0 Å². The minimum absolute atomic E-state index is 0.00931. The van der Waals surface area contributed by atoms with Crippen molar-refractivity contribution < 1.29 is 9.53 Å². The van der Waals surface area contributed by atoms with Gasteiger partial charge in [0.05, 0.1) is 0 Å². The number of carbonyl (C=O) groups excluding carboxylic acids is 1. The maximum Gasteiger partial charge on any atom is 0.337 e. The van der Waals surface area contributed by atoms with Crippen LogP contribution in [0.3, 0.4) is 0 Å². The van der Waals surface area contributed by atoms with E-state index in [4.69, 9.17) is 4.74 Å². The maximum absolute atomic E-state index is 11.9. The Morgan fingerprint density at radius 3 is 2.25 bits per heavy atom. The maximum atomic E-state index is 11.9. The Balaban J connectivity index is 1.57. The molecule has 3 nitrogen and oxygen atoms in total. The van der Waals surface area contributed by atoms with Gasteiger partial charge in [0.15, 0.2) is 0 Å². The molecule has 0 amide bonds. The summed E-state index contributed by atoms with van der Waals surface area (Å²) >= 11 is 0. The molecule has 6 rings (SSSR count).